The first kappa shape index (κ1) is 25.2. The number of hydrogen-bond donors (Lipinski definition) is 4. The number of carbonyl (C=O) groups excluding carboxylic acids is 1. The summed E-state index contributed by atoms with van der Waals surface area (Å²) < 4.78 is 43.4. The Hall–Kier alpha value is -2.43. The molecule has 4 atom stereocenters. The molecular weight excluding hydrogens is 437 g/mol. The van der Waals surface area contributed by atoms with Crippen molar-refractivity contribution in [2.24, 2.45) is 5.92 Å². The second-order valence-corrected chi connectivity index (χ2v) is 8.70. The van der Waals surface area contributed by atoms with Gasteiger partial charge in [0.1, 0.15) is 5.82 Å². The number of ether oxygens (including phenoxy) is 1. The first-order chi connectivity index (χ1) is 15.6. The summed E-state index contributed by atoms with van der Waals surface area (Å²) in [6.45, 7) is 5.01. The molecule has 1 fully saturated rings. The average Bonchev–Trinajstić information content (AvgIpc) is 3.36. The molecule has 2 aromatic rings. The number of benzene rings is 1. The van der Waals surface area contributed by atoms with Gasteiger partial charge in [0, 0.05) is 50.0 Å². The average molecular weight is 469 g/mol. The molecule has 1 saturated carbocycles. The third kappa shape index (κ3) is 6.13. The zero-order valence-electron chi connectivity index (χ0n) is 18.9. The molecule has 1 aromatic carbocycles. The highest BCUT2D eigenvalue weighted by Gasteiger charge is 2.47. The predicted molar refractivity (Wildman–Crippen MR) is 116 cm³/mol. The lowest BCUT2D eigenvalue weighted by atomic mass is 9.96. The normalized spacial score (nSPS) is 23.3. The van der Waals surface area contributed by atoms with Crippen molar-refractivity contribution in [2.45, 2.75) is 57.0 Å². The molecule has 0 aliphatic heterocycles. The number of amides is 1. The molecule has 10 heteroatoms. The highest BCUT2D eigenvalue weighted by atomic mass is 19.4. The molecule has 0 spiro atoms. The van der Waals surface area contributed by atoms with E-state index < -0.39 is 29.7 Å². The van der Waals surface area contributed by atoms with Crippen molar-refractivity contribution in [3.8, 4) is 0 Å². The van der Waals surface area contributed by atoms with Gasteiger partial charge >= 0.3 is 6.18 Å². The number of aromatic nitrogens is 2. The number of nitrogens with one attached hydrogen (secondary N) is 3. The number of rotatable bonds is 9. The number of aliphatic hydroxyl groups is 1. The van der Waals surface area contributed by atoms with Gasteiger partial charge in [-0.25, -0.2) is 4.98 Å². The van der Waals surface area contributed by atoms with E-state index in [-0.39, 0.29) is 17.9 Å². The molecule has 1 heterocycles. The van der Waals surface area contributed by atoms with Crippen LogP contribution in [-0.2, 0) is 22.3 Å². The SMILES string of the molecule is COCCNC(=O)[C@H]1C[C@@H](NCc2ccc(C(F)(F)F)cc2)[C@H](c2cnc(C(C)C)[nH]2)[C@@H]1O. The quantitative estimate of drug-likeness (QED) is 0.424. The van der Waals surface area contributed by atoms with Crippen LogP contribution in [0, 0.1) is 5.92 Å². The van der Waals surface area contributed by atoms with E-state index in [9.17, 15) is 23.1 Å². The molecule has 0 bridgehead atoms. The number of halogens is 3. The highest BCUT2D eigenvalue weighted by Crippen LogP contribution is 2.39. The monoisotopic (exact) mass is 468 g/mol. The number of aliphatic hydroxyl groups excluding tert-OH is 1. The molecule has 0 unspecified atom stereocenters. The van der Waals surface area contributed by atoms with Crippen LogP contribution < -0.4 is 10.6 Å². The lowest BCUT2D eigenvalue weighted by Crippen LogP contribution is -2.37. The van der Waals surface area contributed by atoms with Crippen LogP contribution in [0.4, 0.5) is 13.2 Å². The fraction of sp³-hybridized carbons (Fsp3) is 0.565. The van der Waals surface area contributed by atoms with Crippen molar-refractivity contribution in [2.75, 3.05) is 20.3 Å². The molecule has 0 radical (unpaired) electrons. The molecule has 182 valence electrons. The zero-order valence-corrected chi connectivity index (χ0v) is 18.9. The summed E-state index contributed by atoms with van der Waals surface area (Å²) in [4.78, 5) is 20.3. The summed E-state index contributed by atoms with van der Waals surface area (Å²) >= 11 is 0. The van der Waals surface area contributed by atoms with Gasteiger partial charge in [0.05, 0.1) is 24.2 Å². The number of nitrogens with zero attached hydrogens (tertiary/aromatic N) is 1. The third-order valence-corrected chi connectivity index (χ3v) is 6.03. The first-order valence-electron chi connectivity index (χ1n) is 11.0. The van der Waals surface area contributed by atoms with Gasteiger partial charge in [-0.1, -0.05) is 26.0 Å². The van der Waals surface area contributed by atoms with Crippen molar-refractivity contribution < 1.29 is 27.8 Å². The van der Waals surface area contributed by atoms with Crippen molar-refractivity contribution in [1.29, 1.82) is 0 Å². The number of methoxy groups -OCH3 is 1. The molecule has 0 saturated heterocycles. The smallest absolute Gasteiger partial charge is 0.392 e. The maximum absolute atomic E-state index is 12.8. The van der Waals surface area contributed by atoms with E-state index in [2.05, 4.69) is 20.6 Å². The van der Waals surface area contributed by atoms with Gasteiger partial charge in [0.15, 0.2) is 0 Å². The highest BCUT2D eigenvalue weighted by molar-refractivity contribution is 5.80. The van der Waals surface area contributed by atoms with Crippen LogP contribution in [0.15, 0.2) is 30.5 Å². The molecule has 3 rings (SSSR count). The lowest BCUT2D eigenvalue weighted by Gasteiger charge is -2.23. The van der Waals surface area contributed by atoms with E-state index in [0.29, 0.717) is 31.7 Å². The van der Waals surface area contributed by atoms with Crippen LogP contribution in [0.5, 0.6) is 0 Å². The number of imidazole rings is 1. The molecule has 4 N–H and O–H groups in total. The van der Waals surface area contributed by atoms with Crippen LogP contribution >= 0.6 is 0 Å². The Morgan fingerprint density at radius 3 is 2.58 bits per heavy atom. The second kappa shape index (κ2) is 10.7. The summed E-state index contributed by atoms with van der Waals surface area (Å²) in [7, 11) is 1.54. The first-order valence-corrected chi connectivity index (χ1v) is 11.0. The van der Waals surface area contributed by atoms with E-state index in [4.69, 9.17) is 4.74 Å². The molecular formula is C23H31F3N4O3. The Morgan fingerprint density at radius 1 is 1.30 bits per heavy atom. The van der Waals surface area contributed by atoms with Crippen molar-refractivity contribution in [3.63, 3.8) is 0 Å². The zero-order chi connectivity index (χ0) is 24.2. The molecule has 33 heavy (non-hydrogen) atoms. The van der Waals surface area contributed by atoms with Gasteiger partial charge in [-0.15, -0.1) is 0 Å². The van der Waals surface area contributed by atoms with Crippen LogP contribution in [0.2, 0.25) is 0 Å². The summed E-state index contributed by atoms with van der Waals surface area (Å²) in [5.41, 5.74) is 0.701. The Kier molecular flexibility index (Phi) is 8.14. The fourth-order valence-corrected chi connectivity index (χ4v) is 4.20. The van der Waals surface area contributed by atoms with Crippen LogP contribution in [0.3, 0.4) is 0 Å². The van der Waals surface area contributed by atoms with Crippen LogP contribution in [0.25, 0.3) is 0 Å². The number of H-pyrrole nitrogens is 1. The molecule has 1 aliphatic rings. The van der Waals surface area contributed by atoms with E-state index in [1.807, 2.05) is 13.8 Å². The molecule has 1 aliphatic carbocycles. The van der Waals surface area contributed by atoms with Crippen LogP contribution in [0.1, 0.15) is 54.7 Å². The van der Waals surface area contributed by atoms with Crippen molar-refractivity contribution in [1.82, 2.24) is 20.6 Å². The minimum absolute atomic E-state index is 0.170. The van der Waals surface area contributed by atoms with Gasteiger partial charge in [-0.3, -0.25) is 4.79 Å². The van der Waals surface area contributed by atoms with Crippen LogP contribution in [-0.4, -0.2) is 53.4 Å². The van der Waals surface area contributed by atoms with E-state index in [0.717, 1.165) is 23.7 Å². The third-order valence-electron chi connectivity index (χ3n) is 6.03. The largest absolute Gasteiger partial charge is 0.416 e. The summed E-state index contributed by atoms with van der Waals surface area (Å²) in [5.74, 6) is -0.358. The maximum atomic E-state index is 12.8. The Bertz CT molecular complexity index is 914. The second-order valence-electron chi connectivity index (χ2n) is 8.70. The number of aromatic amines is 1. The Labute approximate surface area is 191 Å². The van der Waals surface area contributed by atoms with Crippen molar-refractivity contribution in [3.05, 3.63) is 53.1 Å². The van der Waals surface area contributed by atoms with E-state index >= 15 is 0 Å². The minimum Gasteiger partial charge on any atom is -0.392 e. The summed E-state index contributed by atoms with van der Waals surface area (Å²) in [6, 6.07) is 4.68. The summed E-state index contributed by atoms with van der Waals surface area (Å²) in [5, 5.41) is 17.2. The number of carbonyl (C=O) groups is 1. The molecule has 1 aromatic heterocycles. The van der Waals surface area contributed by atoms with Crippen molar-refractivity contribution >= 4 is 5.91 Å². The van der Waals surface area contributed by atoms with Gasteiger partial charge in [0.25, 0.3) is 0 Å². The Balaban J connectivity index is 1.76. The summed E-state index contributed by atoms with van der Waals surface area (Å²) in [6.07, 6.45) is -3.27. The van der Waals surface area contributed by atoms with Gasteiger partial charge in [-0.05, 0) is 24.1 Å². The minimum atomic E-state index is -4.38. The Morgan fingerprint density at radius 2 is 2.00 bits per heavy atom. The van der Waals surface area contributed by atoms with E-state index in [1.165, 1.54) is 12.1 Å². The lowest BCUT2D eigenvalue weighted by molar-refractivity contribution is -0.137. The standard InChI is InChI=1S/C23H31F3N4O3/c1-13(2)21-29-12-18(30-21)19-17(10-16(20(19)31)22(32)27-8-9-33-3)28-11-14-4-6-15(7-5-14)23(24,25)26/h4-7,12-13,16-17,19-20,28,31H,8-11H2,1-3H3,(H,27,32)(H,29,30)/t16-,17+,19+,20+/m0/s1. The maximum Gasteiger partial charge on any atom is 0.416 e. The molecule has 1 amide bonds. The topological polar surface area (TPSA) is 99.3 Å². The number of alkyl halides is 3. The van der Waals surface area contributed by atoms with Gasteiger partial charge in [0.2, 0.25) is 5.91 Å². The fourth-order valence-electron chi connectivity index (χ4n) is 4.20. The van der Waals surface area contributed by atoms with Gasteiger partial charge < -0.3 is 25.5 Å². The van der Waals surface area contributed by atoms with E-state index in [1.54, 1.807) is 13.3 Å². The molecule has 7 nitrogen and oxygen atoms in total. The van der Waals surface area contributed by atoms with Gasteiger partial charge in [-0.2, -0.15) is 13.2 Å². The number of hydrogen-bond acceptors (Lipinski definition) is 5. The predicted octanol–water partition coefficient (Wildman–Crippen LogP) is 2.94.